The molecule has 0 fully saturated rings. The fourth-order valence-electron chi connectivity index (χ4n) is 2.29. The first-order chi connectivity index (χ1) is 13.3. The summed E-state index contributed by atoms with van der Waals surface area (Å²) in [7, 11) is 0. The predicted molar refractivity (Wildman–Crippen MR) is 115 cm³/mol. The zero-order chi connectivity index (χ0) is 20.9. The molecule has 0 unspecified atom stereocenters. The van der Waals surface area contributed by atoms with Crippen molar-refractivity contribution in [3.8, 4) is 0 Å². The van der Waals surface area contributed by atoms with Gasteiger partial charge in [-0.05, 0) is 42.9 Å². The van der Waals surface area contributed by atoms with Crippen LogP contribution in [-0.2, 0) is 9.59 Å². The molecule has 3 amide bonds. The molecule has 4 N–H and O–H groups in total. The van der Waals surface area contributed by atoms with Crippen LogP contribution >= 0.6 is 12.2 Å². The third kappa shape index (κ3) is 9.45. The Balaban J connectivity index is 2.34. The van der Waals surface area contributed by atoms with Crippen LogP contribution < -0.4 is 21.5 Å². The van der Waals surface area contributed by atoms with Crippen LogP contribution in [0, 0.1) is 5.92 Å². The zero-order valence-corrected chi connectivity index (χ0v) is 17.6. The van der Waals surface area contributed by atoms with Gasteiger partial charge in [0.2, 0.25) is 11.8 Å². The minimum Gasteiger partial charge on any atom is -0.326 e. The van der Waals surface area contributed by atoms with Crippen molar-refractivity contribution in [3.63, 3.8) is 0 Å². The van der Waals surface area contributed by atoms with E-state index in [2.05, 4.69) is 28.4 Å². The molecule has 154 valence electrons. The van der Waals surface area contributed by atoms with Gasteiger partial charge in [0, 0.05) is 23.6 Å². The first kappa shape index (κ1) is 23.6. The van der Waals surface area contributed by atoms with Crippen LogP contribution in [0.15, 0.2) is 24.3 Å². The molecular formula is C20H30N4O3S. The first-order valence-electron chi connectivity index (χ1n) is 9.64. The summed E-state index contributed by atoms with van der Waals surface area (Å²) in [5, 5.41) is 5.34. The summed E-state index contributed by atoms with van der Waals surface area (Å²) in [6.45, 7) is 5.75. The number of hydrazine groups is 1. The van der Waals surface area contributed by atoms with E-state index in [1.54, 1.807) is 38.1 Å². The Kier molecular flexibility index (Phi) is 10.8. The molecule has 0 heterocycles. The second kappa shape index (κ2) is 12.8. The number of carbonyl (C=O) groups excluding carboxylic acids is 3. The maximum Gasteiger partial charge on any atom is 0.269 e. The summed E-state index contributed by atoms with van der Waals surface area (Å²) in [6.07, 6.45) is 5.71. The Morgan fingerprint density at radius 1 is 0.964 bits per heavy atom. The number of anilines is 1. The van der Waals surface area contributed by atoms with Gasteiger partial charge in [-0.1, -0.05) is 46.5 Å². The van der Waals surface area contributed by atoms with Gasteiger partial charge < -0.3 is 10.6 Å². The van der Waals surface area contributed by atoms with Crippen LogP contribution in [0.5, 0.6) is 0 Å². The van der Waals surface area contributed by atoms with Crippen LogP contribution in [0.25, 0.3) is 0 Å². The number of hydrogen-bond donors (Lipinski definition) is 4. The molecule has 0 atom stereocenters. The molecule has 0 bridgehead atoms. The molecular weight excluding hydrogens is 376 g/mol. The quantitative estimate of drug-likeness (QED) is 0.287. The number of hydrogen-bond acceptors (Lipinski definition) is 4. The van der Waals surface area contributed by atoms with Gasteiger partial charge in [-0.3, -0.25) is 25.2 Å². The molecule has 0 aliphatic carbocycles. The highest BCUT2D eigenvalue weighted by Gasteiger charge is 2.10. The van der Waals surface area contributed by atoms with Crippen LogP contribution in [-0.4, -0.2) is 22.8 Å². The van der Waals surface area contributed by atoms with Gasteiger partial charge in [0.1, 0.15) is 0 Å². The van der Waals surface area contributed by atoms with E-state index in [1.807, 2.05) is 0 Å². The fourth-order valence-corrected chi connectivity index (χ4v) is 2.45. The van der Waals surface area contributed by atoms with Gasteiger partial charge in [-0.15, -0.1) is 0 Å². The largest absolute Gasteiger partial charge is 0.326 e. The number of carbonyl (C=O) groups is 3. The summed E-state index contributed by atoms with van der Waals surface area (Å²) in [6, 6.07) is 6.47. The summed E-state index contributed by atoms with van der Waals surface area (Å²) < 4.78 is 0. The molecule has 1 aromatic rings. The Morgan fingerprint density at radius 3 is 2.21 bits per heavy atom. The lowest BCUT2D eigenvalue weighted by Crippen LogP contribution is -2.48. The van der Waals surface area contributed by atoms with Crippen molar-refractivity contribution >= 4 is 40.7 Å². The SMILES string of the molecule is CCCCCCCC(=O)NC(=S)NNC(=O)c1ccc(NC(=O)C(C)C)cc1. The summed E-state index contributed by atoms with van der Waals surface area (Å²) in [4.78, 5) is 35.6. The third-order valence-corrected chi connectivity index (χ3v) is 4.19. The average molecular weight is 407 g/mol. The highest BCUT2D eigenvalue weighted by Crippen LogP contribution is 2.11. The second-order valence-corrected chi connectivity index (χ2v) is 7.25. The molecule has 8 heteroatoms. The van der Waals surface area contributed by atoms with Crippen molar-refractivity contribution in [2.45, 2.75) is 59.3 Å². The smallest absolute Gasteiger partial charge is 0.269 e. The van der Waals surface area contributed by atoms with Crippen molar-refractivity contribution in [3.05, 3.63) is 29.8 Å². The minimum atomic E-state index is -0.405. The van der Waals surface area contributed by atoms with Crippen molar-refractivity contribution in [1.82, 2.24) is 16.2 Å². The summed E-state index contributed by atoms with van der Waals surface area (Å²) >= 11 is 5.01. The molecule has 0 saturated heterocycles. The maximum atomic E-state index is 12.1. The number of thiocarbonyl (C=S) groups is 1. The van der Waals surface area contributed by atoms with Crippen LogP contribution in [0.3, 0.4) is 0 Å². The Labute approximate surface area is 172 Å². The minimum absolute atomic E-state index is 0.0488. The fraction of sp³-hybridized carbons (Fsp3) is 0.500. The molecule has 7 nitrogen and oxygen atoms in total. The van der Waals surface area contributed by atoms with Gasteiger partial charge >= 0.3 is 0 Å². The second-order valence-electron chi connectivity index (χ2n) is 6.84. The molecule has 0 aliphatic rings. The predicted octanol–water partition coefficient (Wildman–Crippen LogP) is 3.28. The van der Waals surface area contributed by atoms with Crippen molar-refractivity contribution < 1.29 is 14.4 Å². The van der Waals surface area contributed by atoms with Crippen molar-refractivity contribution in [2.75, 3.05) is 5.32 Å². The summed E-state index contributed by atoms with van der Waals surface area (Å²) in [5.74, 6) is -0.795. The summed E-state index contributed by atoms with van der Waals surface area (Å²) in [5.41, 5.74) is 5.95. The van der Waals surface area contributed by atoms with Crippen molar-refractivity contribution in [1.29, 1.82) is 0 Å². The average Bonchev–Trinajstić information content (AvgIpc) is 2.66. The van der Waals surface area contributed by atoms with Gasteiger partial charge in [-0.25, -0.2) is 0 Å². The highest BCUT2D eigenvalue weighted by atomic mass is 32.1. The lowest BCUT2D eigenvalue weighted by atomic mass is 10.1. The maximum absolute atomic E-state index is 12.1. The van der Waals surface area contributed by atoms with Gasteiger partial charge in [-0.2, -0.15) is 0 Å². The lowest BCUT2D eigenvalue weighted by molar-refractivity contribution is -0.120. The molecule has 0 radical (unpaired) electrons. The highest BCUT2D eigenvalue weighted by molar-refractivity contribution is 7.80. The number of nitrogens with one attached hydrogen (secondary N) is 4. The van der Waals surface area contributed by atoms with E-state index in [0.717, 1.165) is 25.7 Å². The number of benzene rings is 1. The van der Waals surface area contributed by atoms with Gasteiger partial charge in [0.25, 0.3) is 5.91 Å². The first-order valence-corrected chi connectivity index (χ1v) is 10.1. The molecule has 0 aromatic heterocycles. The van der Waals surface area contributed by atoms with E-state index >= 15 is 0 Å². The topological polar surface area (TPSA) is 99.3 Å². The number of amides is 3. The van der Waals surface area contributed by atoms with Crippen LogP contribution in [0.4, 0.5) is 5.69 Å². The monoisotopic (exact) mass is 406 g/mol. The molecule has 1 rings (SSSR count). The third-order valence-electron chi connectivity index (χ3n) is 3.99. The normalized spacial score (nSPS) is 10.3. The molecule has 0 saturated carbocycles. The lowest BCUT2D eigenvalue weighted by Gasteiger charge is -2.11. The van der Waals surface area contributed by atoms with E-state index < -0.39 is 5.91 Å². The molecule has 0 aliphatic heterocycles. The molecule has 1 aromatic carbocycles. The molecule has 28 heavy (non-hydrogen) atoms. The van der Waals surface area contributed by atoms with Crippen LogP contribution in [0.2, 0.25) is 0 Å². The zero-order valence-electron chi connectivity index (χ0n) is 16.8. The Hall–Kier alpha value is -2.48. The van der Waals surface area contributed by atoms with E-state index in [0.29, 0.717) is 17.7 Å². The Bertz CT molecular complexity index is 675. The molecule has 0 spiro atoms. The van der Waals surface area contributed by atoms with E-state index in [1.165, 1.54) is 6.42 Å². The van der Waals surface area contributed by atoms with E-state index in [-0.39, 0.29) is 22.8 Å². The van der Waals surface area contributed by atoms with Gasteiger partial charge in [0.05, 0.1) is 0 Å². The number of unbranched alkanes of at least 4 members (excludes halogenated alkanes) is 4. The standard InChI is InChI=1S/C20H30N4O3S/c1-4-5-6-7-8-9-17(25)22-20(28)24-23-19(27)15-10-12-16(13-11-15)21-18(26)14(2)3/h10-14H,4-9H2,1-3H3,(H,21,26)(H,23,27)(H2,22,24,25,28). The van der Waals surface area contributed by atoms with Crippen molar-refractivity contribution in [2.24, 2.45) is 5.92 Å². The Morgan fingerprint density at radius 2 is 1.61 bits per heavy atom. The van der Waals surface area contributed by atoms with Crippen LogP contribution in [0.1, 0.15) is 69.7 Å². The van der Waals surface area contributed by atoms with Gasteiger partial charge in [0.15, 0.2) is 5.11 Å². The van der Waals surface area contributed by atoms with E-state index in [4.69, 9.17) is 12.2 Å². The van der Waals surface area contributed by atoms with E-state index in [9.17, 15) is 14.4 Å². The number of rotatable bonds is 9.